The molecule has 3 rings (SSSR count). The van der Waals surface area contributed by atoms with Crippen LogP contribution in [0, 0.1) is 11.8 Å². The van der Waals surface area contributed by atoms with Gasteiger partial charge in [0, 0.05) is 5.92 Å². The minimum atomic E-state index is -0.801. The minimum Gasteiger partial charge on any atom is -0.481 e. The second-order valence-electron chi connectivity index (χ2n) is 7.92. The number of aromatic nitrogens is 4. The smallest absolute Gasteiger partial charge is 0.307 e. The molecular formula is C20H29N5O2. The monoisotopic (exact) mass is 371 g/mol. The third-order valence-corrected chi connectivity index (χ3v) is 5.47. The summed E-state index contributed by atoms with van der Waals surface area (Å²) in [5, 5.41) is 27.5. The number of carboxylic acid groups (broad SMARTS) is 1. The van der Waals surface area contributed by atoms with E-state index in [9.17, 15) is 9.90 Å². The van der Waals surface area contributed by atoms with E-state index in [1.807, 2.05) is 13.8 Å². The Labute approximate surface area is 160 Å². The molecule has 2 atom stereocenters. The number of H-pyrrole nitrogens is 1. The number of nitrogens with zero attached hydrogens (tertiary/aromatic N) is 3. The zero-order valence-corrected chi connectivity index (χ0v) is 16.1. The van der Waals surface area contributed by atoms with E-state index in [4.69, 9.17) is 0 Å². The largest absolute Gasteiger partial charge is 0.481 e. The first-order chi connectivity index (χ1) is 13.0. The van der Waals surface area contributed by atoms with E-state index in [1.165, 1.54) is 18.4 Å². The van der Waals surface area contributed by atoms with Crippen LogP contribution in [0.2, 0.25) is 0 Å². The highest BCUT2D eigenvalue weighted by atomic mass is 16.4. The van der Waals surface area contributed by atoms with Crippen LogP contribution in [0.15, 0.2) is 24.3 Å². The first-order valence-electron chi connectivity index (χ1n) is 9.80. The molecule has 2 heterocycles. The summed E-state index contributed by atoms with van der Waals surface area (Å²) in [7, 11) is 0. The highest BCUT2D eigenvalue weighted by Crippen LogP contribution is 2.32. The van der Waals surface area contributed by atoms with Gasteiger partial charge in [0.2, 0.25) is 0 Å². The summed E-state index contributed by atoms with van der Waals surface area (Å²) in [5.41, 5.74) is 2.48. The predicted octanol–water partition coefficient (Wildman–Crippen LogP) is 2.74. The number of hydrogen-bond donors (Lipinski definition) is 3. The molecule has 0 radical (unpaired) electrons. The Morgan fingerprint density at radius 3 is 2.48 bits per heavy atom. The Morgan fingerprint density at radius 1 is 1.22 bits per heavy atom. The maximum Gasteiger partial charge on any atom is 0.307 e. The van der Waals surface area contributed by atoms with Gasteiger partial charge >= 0.3 is 5.97 Å². The van der Waals surface area contributed by atoms with Crippen molar-refractivity contribution in [2.24, 2.45) is 11.8 Å². The third kappa shape index (κ3) is 5.13. The van der Waals surface area contributed by atoms with Crippen LogP contribution < -0.4 is 5.32 Å². The van der Waals surface area contributed by atoms with Crippen molar-refractivity contribution < 1.29 is 9.90 Å². The van der Waals surface area contributed by atoms with Gasteiger partial charge in [-0.05, 0) is 61.7 Å². The lowest BCUT2D eigenvalue weighted by Gasteiger charge is -2.24. The molecule has 0 unspecified atom stereocenters. The summed E-state index contributed by atoms with van der Waals surface area (Å²) in [5.74, 6) is -0.265. The summed E-state index contributed by atoms with van der Waals surface area (Å²) in [4.78, 5) is 11.9. The molecule has 1 fully saturated rings. The van der Waals surface area contributed by atoms with Crippen LogP contribution in [-0.4, -0.2) is 44.8 Å². The third-order valence-electron chi connectivity index (χ3n) is 5.47. The van der Waals surface area contributed by atoms with Gasteiger partial charge in [-0.2, -0.15) is 5.21 Å². The number of rotatable bonds is 8. The average molecular weight is 371 g/mol. The molecule has 0 saturated carbocycles. The van der Waals surface area contributed by atoms with Crippen LogP contribution in [0.25, 0.3) is 0 Å². The van der Waals surface area contributed by atoms with Crippen LogP contribution in [0.5, 0.6) is 0 Å². The highest BCUT2D eigenvalue weighted by molar-refractivity contribution is 5.71. The lowest BCUT2D eigenvalue weighted by atomic mass is 9.81. The van der Waals surface area contributed by atoms with E-state index < -0.39 is 11.9 Å². The average Bonchev–Trinajstić information content (AvgIpc) is 3.20. The lowest BCUT2D eigenvalue weighted by Crippen LogP contribution is -2.27. The molecule has 146 valence electrons. The molecule has 1 aliphatic heterocycles. The van der Waals surface area contributed by atoms with Crippen molar-refractivity contribution in [1.82, 2.24) is 25.9 Å². The van der Waals surface area contributed by atoms with E-state index in [1.54, 1.807) is 0 Å². The number of nitrogens with one attached hydrogen (secondary N) is 2. The Balaban J connectivity index is 1.78. The molecule has 7 nitrogen and oxygen atoms in total. The fourth-order valence-electron chi connectivity index (χ4n) is 4.02. The Morgan fingerprint density at radius 2 is 1.93 bits per heavy atom. The Hall–Kier alpha value is -2.28. The van der Waals surface area contributed by atoms with Crippen molar-refractivity contribution in [3.05, 3.63) is 41.2 Å². The van der Waals surface area contributed by atoms with Crippen LogP contribution in [0.1, 0.15) is 61.9 Å². The Bertz CT molecular complexity index is 708. The van der Waals surface area contributed by atoms with Gasteiger partial charge in [-0.15, -0.1) is 10.2 Å². The molecule has 1 aromatic heterocycles. The van der Waals surface area contributed by atoms with Crippen molar-refractivity contribution >= 4 is 5.97 Å². The van der Waals surface area contributed by atoms with E-state index >= 15 is 0 Å². The second kappa shape index (κ2) is 9.08. The summed E-state index contributed by atoms with van der Waals surface area (Å²) in [6.45, 7) is 6.22. The summed E-state index contributed by atoms with van der Waals surface area (Å²) in [6, 6.07) is 8.63. The van der Waals surface area contributed by atoms with Gasteiger partial charge in [0.15, 0.2) is 5.82 Å². The van der Waals surface area contributed by atoms with Gasteiger partial charge in [-0.1, -0.05) is 43.3 Å². The van der Waals surface area contributed by atoms with E-state index in [-0.39, 0.29) is 11.8 Å². The molecule has 1 saturated heterocycles. The number of aromatic amines is 1. The lowest BCUT2D eigenvalue weighted by molar-refractivity contribution is -0.143. The summed E-state index contributed by atoms with van der Waals surface area (Å²) in [6.07, 6.45) is 3.51. The molecule has 27 heavy (non-hydrogen) atoms. The molecule has 1 aromatic carbocycles. The molecule has 0 bridgehead atoms. The summed E-state index contributed by atoms with van der Waals surface area (Å²) >= 11 is 0. The van der Waals surface area contributed by atoms with Crippen molar-refractivity contribution in [1.29, 1.82) is 0 Å². The zero-order valence-electron chi connectivity index (χ0n) is 16.1. The molecule has 0 spiro atoms. The van der Waals surface area contributed by atoms with Crippen molar-refractivity contribution in [3.8, 4) is 0 Å². The number of piperidine rings is 1. The van der Waals surface area contributed by atoms with Crippen molar-refractivity contribution in [2.45, 2.75) is 51.4 Å². The number of carboxylic acids is 1. The number of tetrazole rings is 1. The topological polar surface area (TPSA) is 104 Å². The molecule has 2 aromatic rings. The predicted molar refractivity (Wildman–Crippen MR) is 102 cm³/mol. The molecule has 0 amide bonds. The molecule has 3 N–H and O–H groups in total. The molecule has 7 heteroatoms. The number of aliphatic carboxylic acids is 1. The van der Waals surface area contributed by atoms with Gasteiger partial charge in [0.1, 0.15) is 0 Å². The highest BCUT2D eigenvalue weighted by Gasteiger charge is 2.33. The van der Waals surface area contributed by atoms with Crippen molar-refractivity contribution in [2.75, 3.05) is 13.1 Å². The zero-order chi connectivity index (χ0) is 19.2. The van der Waals surface area contributed by atoms with Crippen LogP contribution in [-0.2, 0) is 11.2 Å². The van der Waals surface area contributed by atoms with Crippen LogP contribution in [0.3, 0.4) is 0 Å². The molecule has 1 aliphatic rings. The first kappa shape index (κ1) is 19.5. The van der Waals surface area contributed by atoms with Crippen LogP contribution >= 0.6 is 0 Å². The maximum absolute atomic E-state index is 11.9. The molecular weight excluding hydrogens is 342 g/mol. The quantitative estimate of drug-likeness (QED) is 0.659. The van der Waals surface area contributed by atoms with Gasteiger partial charge in [0.25, 0.3) is 0 Å². The first-order valence-corrected chi connectivity index (χ1v) is 9.80. The number of benzene rings is 1. The van der Waals surface area contributed by atoms with E-state index in [0.717, 1.165) is 18.7 Å². The SMILES string of the molecule is CC(C)C[C@H](C(=O)O)[C@H](Cc1ccc(C2CCNCC2)cc1)c1nn[nH]n1. The van der Waals surface area contributed by atoms with Gasteiger partial charge < -0.3 is 10.4 Å². The fraction of sp³-hybridized carbons (Fsp3) is 0.600. The molecule has 0 aliphatic carbocycles. The summed E-state index contributed by atoms with van der Waals surface area (Å²) < 4.78 is 0. The van der Waals surface area contributed by atoms with Gasteiger partial charge in [0.05, 0.1) is 5.92 Å². The Kier molecular flexibility index (Phi) is 6.55. The number of hydrogen-bond acceptors (Lipinski definition) is 5. The van der Waals surface area contributed by atoms with Crippen LogP contribution in [0.4, 0.5) is 0 Å². The second-order valence-corrected chi connectivity index (χ2v) is 7.92. The van der Waals surface area contributed by atoms with E-state index in [0.29, 0.717) is 24.6 Å². The fourth-order valence-corrected chi connectivity index (χ4v) is 4.02. The maximum atomic E-state index is 11.9. The standard InChI is InChI=1S/C20H29N5O2/c1-13(2)11-18(20(26)27)17(19-22-24-25-23-19)12-14-3-5-15(6-4-14)16-7-9-21-10-8-16/h3-6,13,16-18,21H,7-12H2,1-2H3,(H,26,27)(H,22,23,24,25)/t17-,18-/m0/s1. The van der Waals surface area contributed by atoms with Gasteiger partial charge in [-0.3, -0.25) is 4.79 Å². The van der Waals surface area contributed by atoms with Crippen molar-refractivity contribution in [3.63, 3.8) is 0 Å². The minimum absolute atomic E-state index is 0.280. The van der Waals surface area contributed by atoms with Gasteiger partial charge in [-0.25, -0.2) is 0 Å². The van der Waals surface area contributed by atoms with E-state index in [2.05, 4.69) is 50.2 Å². The normalized spacial score (nSPS) is 17.7. The number of carbonyl (C=O) groups is 1.